The van der Waals surface area contributed by atoms with Gasteiger partial charge in [-0.05, 0) is 69.5 Å². The van der Waals surface area contributed by atoms with Gasteiger partial charge in [0.2, 0.25) is 0 Å². The monoisotopic (exact) mass is 363 g/mol. The molecule has 0 bridgehead atoms. The van der Waals surface area contributed by atoms with E-state index in [-0.39, 0.29) is 5.97 Å². The molecular weight excluding hydrogens is 340 g/mol. The molecule has 3 rings (SSSR count). The number of rotatable bonds is 3. The molecule has 139 valence electrons. The first-order valence-corrected chi connectivity index (χ1v) is 8.95. The van der Waals surface area contributed by atoms with E-state index in [2.05, 4.69) is 6.07 Å². The van der Waals surface area contributed by atoms with Crippen LogP contribution in [0.15, 0.2) is 48.5 Å². The Morgan fingerprint density at radius 2 is 1.56 bits per heavy atom. The summed E-state index contributed by atoms with van der Waals surface area (Å²) in [6.07, 6.45) is 0.464. The molecule has 0 aliphatic carbocycles. The number of ether oxygens (including phenoxy) is 1. The van der Waals surface area contributed by atoms with Crippen molar-refractivity contribution in [2.24, 2.45) is 5.92 Å². The molecule has 1 atom stereocenters. The van der Waals surface area contributed by atoms with Gasteiger partial charge >= 0.3 is 5.97 Å². The van der Waals surface area contributed by atoms with E-state index < -0.39 is 17.0 Å². The van der Waals surface area contributed by atoms with Gasteiger partial charge in [-0.2, -0.15) is 5.26 Å². The van der Waals surface area contributed by atoms with E-state index in [1.165, 1.54) is 0 Å². The topological polar surface area (TPSA) is 73.2 Å². The molecule has 0 spiro atoms. The largest absolute Gasteiger partial charge is 0.426 e. The lowest BCUT2D eigenvalue weighted by atomic mass is 9.87. The second-order valence-electron chi connectivity index (χ2n) is 8.15. The summed E-state index contributed by atoms with van der Waals surface area (Å²) in [5.74, 6) is -0.406. The third-order valence-corrected chi connectivity index (χ3v) is 5.33. The summed E-state index contributed by atoms with van der Waals surface area (Å²) in [4.78, 5) is 12.7. The zero-order valence-electron chi connectivity index (χ0n) is 16.0. The van der Waals surface area contributed by atoms with Crippen molar-refractivity contribution < 1.29 is 14.7 Å². The van der Waals surface area contributed by atoms with E-state index in [1.807, 2.05) is 38.1 Å². The van der Waals surface area contributed by atoms with Gasteiger partial charge in [-0.15, -0.1) is 10.3 Å². The minimum Gasteiger partial charge on any atom is -0.426 e. The Bertz CT molecular complexity index is 877. The second kappa shape index (κ2) is 6.80. The van der Waals surface area contributed by atoms with Gasteiger partial charge in [0.25, 0.3) is 0 Å². The van der Waals surface area contributed by atoms with Crippen LogP contribution in [0.5, 0.6) is 5.75 Å². The van der Waals surface area contributed by atoms with Crippen molar-refractivity contribution >= 4 is 5.97 Å². The van der Waals surface area contributed by atoms with Crippen LogP contribution < -0.4 is 4.74 Å². The second-order valence-corrected chi connectivity index (χ2v) is 8.15. The van der Waals surface area contributed by atoms with E-state index in [9.17, 15) is 10.0 Å². The SMILES string of the molecule is CC1(C)CC(C(=O)Oc2ccc(-c3ccc(C#N)cc3)cc2)C(C)(C)N1[O]. The number of nitriles is 1. The molecule has 0 saturated carbocycles. The number of esters is 1. The molecule has 2 aromatic rings. The fourth-order valence-corrected chi connectivity index (χ4v) is 3.77. The van der Waals surface area contributed by atoms with E-state index in [0.29, 0.717) is 17.7 Å². The lowest BCUT2D eigenvalue weighted by Crippen LogP contribution is -2.47. The predicted molar refractivity (Wildman–Crippen MR) is 101 cm³/mol. The molecular formula is C22H23N2O3. The van der Waals surface area contributed by atoms with E-state index in [1.54, 1.807) is 38.1 Å². The van der Waals surface area contributed by atoms with E-state index >= 15 is 0 Å². The van der Waals surface area contributed by atoms with E-state index in [4.69, 9.17) is 10.00 Å². The van der Waals surface area contributed by atoms with Crippen molar-refractivity contribution in [1.82, 2.24) is 5.06 Å². The number of hydrogen-bond donors (Lipinski definition) is 0. The van der Waals surface area contributed by atoms with Crippen LogP contribution in [0.4, 0.5) is 0 Å². The Morgan fingerprint density at radius 3 is 2.00 bits per heavy atom. The molecule has 1 unspecified atom stereocenters. The Kier molecular flexibility index (Phi) is 4.81. The highest BCUT2D eigenvalue weighted by molar-refractivity contribution is 5.77. The number of hydrogen-bond acceptors (Lipinski definition) is 4. The minimum absolute atomic E-state index is 0.377. The summed E-state index contributed by atoms with van der Waals surface area (Å²) in [7, 11) is 0. The van der Waals surface area contributed by atoms with E-state index in [0.717, 1.165) is 16.2 Å². The molecule has 1 radical (unpaired) electrons. The number of carbonyl (C=O) groups excluding carboxylic acids is 1. The summed E-state index contributed by atoms with van der Waals surface area (Å²) < 4.78 is 5.56. The summed E-state index contributed by atoms with van der Waals surface area (Å²) >= 11 is 0. The highest BCUT2D eigenvalue weighted by Crippen LogP contribution is 2.44. The van der Waals surface area contributed by atoms with Crippen LogP contribution in [0, 0.1) is 17.2 Å². The molecule has 1 fully saturated rings. The molecule has 27 heavy (non-hydrogen) atoms. The molecule has 1 saturated heterocycles. The van der Waals surface area contributed by atoms with Crippen LogP contribution in [-0.2, 0) is 10.0 Å². The normalized spacial score (nSPS) is 20.8. The molecule has 1 aliphatic rings. The molecule has 5 heteroatoms. The van der Waals surface area contributed by atoms with Gasteiger partial charge in [-0.25, -0.2) is 0 Å². The summed E-state index contributed by atoms with van der Waals surface area (Å²) in [6.45, 7) is 7.27. The predicted octanol–water partition coefficient (Wildman–Crippen LogP) is 4.36. The van der Waals surface area contributed by atoms with Crippen molar-refractivity contribution in [3.05, 3.63) is 54.1 Å². The van der Waals surface area contributed by atoms with Gasteiger partial charge < -0.3 is 4.74 Å². The van der Waals surface area contributed by atoms with Gasteiger partial charge in [-0.3, -0.25) is 4.79 Å². The molecule has 0 aromatic heterocycles. The first-order chi connectivity index (χ1) is 12.6. The van der Waals surface area contributed by atoms with Crippen LogP contribution in [0.2, 0.25) is 0 Å². The van der Waals surface area contributed by atoms with Crippen LogP contribution in [0.3, 0.4) is 0 Å². The highest BCUT2D eigenvalue weighted by atomic mass is 16.5. The highest BCUT2D eigenvalue weighted by Gasteiger charge is 2.55. The number of hydroxylamine groups is 2. The molecule has 2 aromatic carbocycles. The Hall–Kier alpha value is -2.68. The van der Waals surface area contributed by atoms with Crippen LogP contribution in [-0.4, -0.2) is 22.1 Å². The first-order valence-electron chi connectivity index (χ1n) is 8.95. The number of carbonyl (C=O) groups is 1. The average Bonchev–Trinajstić information content (AvgIpc) is 2.82. The van der Waals surface area contributed by atoms with Crippen LogP contribution in [0.25, 0.3) is 11.1 Å². The fraction of sp³-hybridized carbons (Fsp3) is 0.364. The number of benzene rings is 2. The lowest BCUT2D eigenvalue weighted by Gasteiger charge is -2.32. The standard InChI is InChI=1S/C22H23N2O3/c1-21(2)13-19(22(3,4)24(21)26)20(25)27-18-11-9-17(10-12-18)16-7-5-15(14-23)6-8-16/h5-12,19H,13H2,1-4H3. The third-order valence-electron chi connectivity index (χ3n) is 5.33. The molecule has 0 N–H and O–H groups in total. The van der Waals surface area contributed by atoms with Crippen molar-refractivity contribution in [3.8, 4) is 22.9 Å². The molecule has 1 heterocycles. The summed E-state index contributed by atoms with van der Waals surface area (Å²) in [5.41, 5.74) is 1.16. The van der Waals surface area contributed by atoms with Gasteiger partial charge in [0.1, 0.15) is 5.75 Å². The Labute approximate surface area is 159 Å². The maximum atomic E-state index is 12.7. The van der Waals surface area contributed by atoms with Crippen molar-refractivity contribution in [1.29, 1.82) is 5.26 Å². The van der Waals surface area contributed by atoms with Crippen LogP contribution >= 0.6 is 0 Å². The average molecular weight is 363 g/mol. The van der Waals surface area contributed by atoms with Gasteiger partial charge in [-0.1, -0.05) is 24.3 Å². The van der Waals surface area contributed by atoms with Gasteiger partial charge in [0.05, 0.1) is 23.1 Å². The summed E-state index contributed by atoms with van der Waals surface area (Å²) in [5, 5.41) is 22.3. The zero-order valence-corrected chi connectivity index (χ0v) is 16.0. The van der Waals surface area contributed by atoms with Gasteiger partial charge in [0, 0.05) is 5.54 Å². The fourth-order valence-electron chi connectivity index (χ4n) is 3.77. The van der Waals surface area contributed by atoms with Crippen molar-refractivity contribution in [3.63, 3.8) is 0 Å². The smallest absolute Gasteiger partial charge is 0.316 e. The molecule has 0 amide bonds. The molecule has 5 nitrogen and oxygen atoms in total. The zero-order chi connectivity index (χ0) is 19.8. The minimum atomic E-state index is -0.803. The van der Waals surface area contributed by atoms with Crippen molar-refractivity contribution in [2.45, 2.75) is 45.2 Å². The summed E-state index contributed by atoms with van der Waals surface area (Å²) in [6, 6.07) is 16.6. The van der Waals surface area contributed by atoms with Crippen molar-refractivity contribution in [2.75, 3.05) is 0 Å². The maximum Gasteiger partial charge on any atom is 0.316 e. The third kappa shape index (κ3) is 3.59. The van der Waals surface area contributed by atoms with Crippen LogP contribution in [0.1, 0.15) is 39.7 Å². The quantitative estimate of drug-likeness (QED) is 0.600. The van der Waals surface area contributed by atoms with Gasteiger partial charge in [0.15, 0.2) is 0 Å². The molecule has 1 aliphatic heterocycles. The Morgan fingerprint density at radius 1 is 1.04 bits per heavy atom. The number of nitrogens with zero attached hydrogens (tertiary/aromatic N) is 2. The maximum absolute atomic E-state index is 12.7. The first kappa shape index (κ1) is 19.1. The lowest BCUT2D eigenvalue weighted by molar-refractivity contribution is -0.248. The Balaban J connectivity index is 1.73.